The minimum absolute atomic E-state index is 0.00719. The minimum atomic E-state index is -3.13. The first-order chi connectivity index (χ1) is 80.1. The van der Waals surface area contributed by atoms with E-state index in [4.69, 9.17) is 49.3 Å². The number of hydrogen-bond donors (Lipinski definition) is 0. The van der Waals surface area contributed by atoms with Crippen LogP contribution in [0.2, 0.25) is 0 Å². The van der Waals surface area contributed by atoms with Crippen LogP contribution in [0.5, 0.6) is 0 Å². The van der Waals surface area contributed by atoms with Crippen LogP contribution in [0, 0.1) is 0 Å². The van der Waals surface area contributed by atoms with E-state index in [1.807, 2.05) is 0 Å². The Balaban J connectivity index is 0.000000247. The maximum Gasteiger partial charge on any atom is 0.332 e. The number of fused-ring (bicyclic) bond motifs is 7. The molecule has 14 aromatic heterocycles. The van der Waals surface area contributed by atoms with Crippen molar-refractivity contribution >= 4 is 119 Å². The molecule has 14 rings (SSSR count). The zero-order chi connectivity index (χ0) is 135. The van der Waals surface area contributed by atoms with E-state index in [0.717, 1.165) is 92.3 Å². The van der Waals surface area contributed by atoms with Gasteiger partial charge in [-0.3, -0.25) is 97.5 Å². The zero-order valence-corrected chi connectivity index (χ0v) is 78.5. The normalized spacial score (nSPS) is 16.2. The van der Waals surface area contributed by atoms with E-state index in [2.05, 4.69) is 34.9 Å². The van der Waals surface area contributed by atoms with Gasteiger partial charge in [-0.2, -0.15) is 0 Å². The molecule has 140 heavy (non-hydrogen) atoms. The summed E-state index contributed by atoms with van der Waals surface area (Å²) in [6.45, 7) is -12.9. The van der Waals surface area contributed by atoms with Crippen LogP contribution >= 0.6 is 0 Å². The molecule has 0 aliphatic heterocycles. The summed E-state index contributed by atoms with van der Waals surface area (Å²) < 4.78 is 289. The third-order valence-corrected chi connectivity index (χ3v) is 20.7. The van der Waals surface area contributed by atoms with Crippen molar-refractivity contribution in [1.29, 1.82) is 0 Å². The van der Waals surface area contributed by atoms with Gasteiger partial charge in [0.1, 0.15) is 44.6 Å². The molecular formula is C91H126N28O21. The Morgan fingerprint density at radius 1 is 0.229 bits per heavy atom. The van der Waals surface area contributed by atoms with Crippen molar-refractivity contribution < 1.29 is 82.9 Å². The summed E-state index contributed by atoms with van der Waals surface area (Å²) >= 11 is 0. The highest BCUT2D eigenvalue weighted by molar-refractivity contribution is 5.79. The molecule has 49 heteroatoms. The van der Waals surface area contributed by atoms with Crippen LogP contribution in [0.3, 0.4) is 0 Å². The summed E-state index contributed by atoms with van der Waals surface area (Å²) in [5.74, 6) is -3.87. The molecule has 0 unspecified atom stereocenters. The number of nitrogens with zero attached hydrogens (tertiary/aromatic N) is 28. The van der Waals surface area contributed by atoms with Crippen LogP contribution in [0.25, 0.3) is 78.1 Å². The van der Waals surface area contributed by atoms with Crippen LogP contribution in [0.15, 0.2) is 111 Å². The molecule has 0 atom stereocenters. The van der Waals surface area contributed by atoms with Crippen molar-refractivity contribution in [1.82, 2.24) is 131 Å². The highest BCUT2D eigenvalue weighted by Crippen LogP contribution is 2.13. The Morgan fingerprint density at radius 3 is 0.629 bits per heavy atom. The summed E-state index contributed by atoms with van der Waals surface area (Å²) in [5.41, 5.74) is -14.0. The summed E-state index contributed by atoms with van der Waals surface area (Å²) in [6, 6.07) is 0. The van der Waals surface area contributed by atoms with Crippen LogP contribution in [0.1, 0.15) is 232 Å². The number of imidazole rings is 7. The molecule has 0 aliphatic carbocycles. The monoisotopic (exact) mass is 1980 g/mol. The van der Waals surface area contributed by atoms with Crippen molar-refractivity contribution in [2.45, 2.75) is 229 Å². The lowest BCUT2D eigenvalue weighted by Crippen LogP contribution is -2.39. The molecule has 0 saturated carbocycles. The van der Waals surface area contributed by atoms with E-state index >= 15 is 0 Å². The van der Waals surface area contributed by atoms with Crippen LogP contribution in [0.4, 0.5) is 0 Å². The van der Waals surface area contributed by atoms with Gasteiger partial charge in [0.05, 0.1) is 44.2 Å². The van der Waals surface area contributed by atoms with Crippen LogP contribution in [-0.2, 0) is 178 Å². The Labute approximate surface area is 847 Å². The fourth-order valence-corrected chi connectivity index (χ4v) is 13.7. The predicted octanol–water partition coefficient (Wildman–Crippen LogP) is 1.35. The van der Waals surface area contributed by atoms with E-state index in [1.54, 1.807) is 11.6 Å². The molecule has 14 aromatic rings. The van der Waals surface area contributed by atoms with E-state index in [0.29, 0.717) is 48.7 Å². The van der Waals surface area contributed by atoms with E-state index in [-0.39, 0.29) is 175 Å². The van der Waals surface area contributed by atoms with Gasteiger partial charge < -0.3 is 65.5 Å². The lowest BCUT2D eigenvalue weighted by molar-refractivity contribution is -0.118. The number of aryl methyl sites for hydroxylation is 14. The number of hydrogen-bond acceptors (Lipinski definition) is 28. The highest BCUT2D eigenvalue weighted by Gasteiger charge is 2.23. The van der Waals surface area contributed by atoms with Gasteiger partial charge in [-0.1, -0.05) is 0 Å². The molecule has 0 fully saturated rings. The molecule has 49 nitrogen and oxygen atoms in total. The first-order valence-electron chi connectivity index (χ1n) is 60.5. The zero-order valence-electron chi connectivity index (χ0n) is 114. The first-order valence-corrected chi connectivity index (χ1v) is 42.5. The second kappa shape index (κ2) is 49.2. The second-order valence-corrected chi connectivity index (χ2v) is 31.1. The summed E-state index contributed by atoms with van der Waals surface area (Å²) in [6.07, 6.45) is -9.42. The Kier molecular flexibility index (Phi) is 23.8. The SMILES string of the molecule is [2H]C([2H])(CCCn1c(=O)c2c(ncn2C([2H])([2H])[2H])n(C([2H])([2H])[2H])c1=O)C(C)=O.[2H]C([2H])(CCCn1c(=O)c2c(ncn2C([2H])([2H])[2H])n(C)c1=O)C(C)=O.[2H]C([2H])(CCCn1c(=O)c2c(ncn2C)n(C)c1=O)C(C)=O.[2H]C([2H])([2H])n1cnc2c1c(=O)n(CCCCC(C)=O)c(=O)n2C.[2H]c1nc2c(c(=O)n(CCCC([2H])([2H])C(C)=O)c(=O)n2C([2H])([2H])[2H])n1C([2H])([2H])[2H].[2H]c1nc2c(c(=O)n(CCCC([2H])([2H])C(C)=O)c(=O)n2C)n1C.[2H]c1nc2c(c(=O)n(CCCC([2H])([2H])C(C)=O)c(=O)n2C)n1C([2H])([2H])[2H]. The lowest BCUT2D eigenvalue weighted by atomic mass is 10.2. The van der Waals surface area contributed by atoms with Crippen LogP contribution in [-0.4, -0.2) is 171 Å². The van der Waals surface area contributed by atoms with Gasteiger partial charge >= 0.3 is 39.8 Å². The number of unbranched alkanes of at least 4 members (excludes halogenated alkanes) is 1. The Bertz CT molecular complexity index is 9680. The van der Waals surface area contributed by atoms with Gasteiger partial charge in [-0.25, -0.2) is 68.4 Å². The first kappa shape index (κ1) is 67.9. The predicted molar refractivity (Wildman–Crippen MR) is 523 cm³/mol. The van der Waals surface area contributed by atoms with Gasteiger partial charge in [0.2, 0.25) is 0 Å². The van der Waals surface area contributed by atoms with Gasteiger partial charge in [0.15, 0.2) is 78.1 Å². The largest absolute Gasteiger partial charge is 0.332 e. The molecule has 0 amide bonds. The highest BCUT2D eigenvalue weighted by atomic mass is 16.2. The quantitative estimate of drug-likeness (QED) is 0.0506. The van der Waals surface area contributed by atoms with Crippen molar-refractivity contribution in [3.8, 4) is 0 Å². The molecule has 756 valence electrons. The Hall–Kier alpha value is -15.3. The molecule has 0 saturated heterocycles. The number of carbonyl (C=O) groups is 7. The lowest BCUT2D eigenvalue weighted by Gasteiger charge is -2.08. The molecule has 0 aromatic carbocycles. The number of Topliss-reactive ketones (excluding diaryl/α,β-unsaturated/α-hetero) is 7. The smallest absolute Gasteiger partial charge is 0.328 e. The maximum absolute atomic E-state index is 12.8. The second-order valence-electron chi connectivity index (χ2n) is 31.1. The average molecular weight is 1980 g/mol. The molecule has 14 heterocycles. The number of rotatable bonds is 35. The minimum Gasteiger partial charge on any atom is -0.328 e. The fourth-order valence-electron chi connectivity index (χ4n) is 13.7. The van der Waals surface area contributed by atoms with Crippen molar-refractivity contribution in [3.63, 3.8) is 0 Å². The fraction of sp³-hybridized carbons (Fsp3) is 0.538. The summed E-state index contributed by atoms with van der Waals surface area (Å²) in [4.78, 5) is 280. The van der Waals surface area contributed by atoms with Gasteiger partial charge in [0.25, 0.3) is 38.9 Å². The third kappa shape index (κ3) is 26.0. The standard InChI is InChI=1S/7C13H18N4O3/c7*1-9(18)6-4-5-7-17-12(19)10-11(14-8-15(10)2)16(3)13(17)20/h7*8H,4-7H2,1-3H3/i2D3,3D3,6D2,8D;2D3,6D2,8D;2D3,3D3,6D2;6D2,8D;2D3,6D2;6D2;2D3. The van der Waals surface area contributed by atoms with E-state index in [1.165, 1.54) is 83.1 Å². The number of ketones is 7. The van der Waals surface area contributed by atoms with Gasteiger partial charge in [0, 0.05) is 234 Å². The van der Waals surface area contributed by atoms with Gasteiger partial charge in [-0.05, 0) is 138 Å². The van der Waals surface area contributed by atoms with Crippen LogP contribution < -0.4 is 78.7 Å². The topological polar surface area (TPSA) is 552 Å². The maximum atomic E-state index is 12.8. The van der Waals surface area contributed by atoms with Crippen molar-refractivity contribution in [2.75, 3.05) is 0 Å². The van der Waals surface area contributed by atoms with Crippen molar-refractivity contribution in [3.05, 3.63) is 190 Å². The van der Waals surface area contributed by atoms with Gasteiger partial charge in [-0.15, -0.1) is 0 Å². The van der Waals surface area contributed by atoms with Crippen molar-refractivity contribution in [2.24, 2.45) is 98.2 Å². The third-order valence-electron chi connectivity index (χ3n) is 20.7. The number of aromatic nitrogens is 28. The summed E-state index contributed by atoms with van der Waals surface area (Å²) in [7, 11) is 10.3. The molecule has 0 bridgehead atoms. The molecular weight excluding hydrogens is 1820 g/mol. The molecule has 0 radical (unpaired) electrons. The van der Waals surface area contributed by atoms with E-state index in [9.17, 15) is 101 Å². The summed E-state index contributed by atoms with van der Waals surface area (Å²) in [5, 5.41) is 0. The number of carbonyl (C=O) groups excluding carboxylic acids is 7. The molecule has 0 spiro atoms. The molecule has 0 aliphatic rings. The average Bonchev–Trinajstić information content (AvgIpc) is 1.56. The Morgan fingerprint density at radius 2 is 0.407 bits per heavy atom. The van der Waals surface area contributed by atoms with E-state index < -0.39 is 254 Å². The molecule has 0 N–H and O–H groups in total.